The van der Waals surface area contributed by atoms with Gasteiger partial charge >= 0.3 is 0 Å². The van der Waals surface area contributed by atoms with Gasteiger partial charge in [-0.25, -0.2) is 0 Å². The molecule has 0 radical (unpaired) electrons. The van der Waals surface area contributed by atoms with Gasteiger partial charge in [0, 0.05) is 6.07 Å². The number of Topliss-reactive ketones (excluding diaryl/α,β-unsaturated/α-hetero) is 1. The molecule has 0 saturated heterocycles. The highest BCUT2D eigenvalue weighted by Gasteiger charge is 2.07. The first-order valence-corrected chi connectivity index (χ1v) is 2.67. The van der Waals surface area contributed by atoms with Gasteiger partial charge in [0.15, 0.2) is 12.0 Å². The summed E-state index contributed by atoms with van der Waals surface area (Å²) in [5.74, 6) is -0.137. The zero-order valence-corrected chi connectivity index (χ0v) is 5.33. The molecule has 0 aromatic carbocycles. The lowest BCUT2D eigenvalue weighted by Crippen LogP contribution is -1.98. The molecule has 0 fully saturated rings. The molecule has 0 saturated carbocycles. The number of carbonyl (C=O) groups is 2. The number of aldehydes is 1. The van der Waals surface area contributed by atoms with Crippen LogP contribution >= 0.6 is 0 Å². The molecular weight excluding hydrogens is 134 g/mol. The number of carbonyl (C=O) groups excluding carboxylic acids is 2. The number of hydrogen-bond acceptors (Lipinski definition) is 4. The monoisotopic (exact) mass is 139 g/mol. The van der Waals surface area contributed by atoms with Gasteiger partial charge in [0.1, 0.15) is 5.76 Å². The summed E-state index contributed by atoms with van der Waals surface area (Å²) in [7, 11) is 0. The molecule has 0 spiro atoms. The number of aromatic nitrogens is 1. The van der Waals surface area contributed by atoms with Crippen molar-refractivity contribution in [2.75, 3.05) is 0 Å². The van der Waals surface area contributed by atoms with Crippen molar-refractivity contribution in [2.45, 2.75) is 6.92 Å². The maximum atomic E-state index is 10.5. The summed E-state index contributed by atoms with van der Waals surface area (Å²) in [6, 6.07) is 1.41. The maximum absolute atomic E-state index is 10.5. The molecule has 1 heterocycles. The minimum Gasteiger partial charge on any atom is -0.361 e. The molecule has 1 aromatic heterocycles. The van der Waals surface area contributed by atoms with Gasteiger partial charge in [-0.05, 0) is 6.92 Å². The lowest BCUT2D eigenvalue weighted by Gasteiger charge is -1.75. The SMILES string of the molecule is Cc1cc(C(=O)C=O)no1. The molecular formula is C6H5NO3. The molecule has 0 N–H and O–H groups in total. The maximum Gasteiger partial charge on any atom is 0.247 e. The Hall–Kier alpha value is -1.45. The van der Waals surface area contributed by atoms with E-state index in [9.17, 15) is 9.59 Å². The molecule has 4 nitrogen and oxygen atoms in total. The first-order chi connectivity index (χ1) is 4.74. The third kappa shape index (κ3) is 1.10. The van der Waals surface area contributed by atoms with Crippen LogP contribution in [0.3, 0.4) is 0 Å². The first kappa shape index (κ1) is 6.67. The van der Waals surface area contributed by atoms with Crippen molar-refractivity contribution in [2.24, 2.45) is 0 Å². The van der Waals surface area contributed by atoms with Crippen molar-refractivity contribution >= 4 is 12.1 Å². The molecule has 4 heteroatoms. The Morgan fingerprint density at radius 3 is 2.90 bits per heavy atom. The molecule has 0 atom stereocenters. The fourth-order valence-corrected chi connectivity index (χ4v) is 0.543. The Balaban J connectivity index is 2.95. The summed E-state index contributed by atoms with van der Waals surface area (Å²) in [6.45, 7) is 1.65. The summed E-state index contributed by atoms with van der Waals surface area (Å²) < 4.78 is 4.56. The number of nitrogens with zero attached hydrogens (tertiary/aromatic N) is 1. The summed E-state index contributed by atoms with van der Waals surface area (Å²) in [5, 5.41) is 3.33. The summed E-state index contributed by atoms with van der Waals surface area (Å²) in [4.78, 5) is 20.4. The highest BCUT2D eigenvalue weighted by atomic mass is 16.5. The van der Waals surface area contributed by atoms with E-state index >= 15 is 0 Å². The fraction of sp³-hybridized carbons (Fsp3) is 0.167. The Kier molecular flexibility index (Phi) is 1.62. The van der Waals surface area contributed by atoms with Crippen molar-refractivity contribution in [3.8, 4) is 0 Å². The van der Waals surface area contributed by atoms with Crippen LogP contribution in [0.2, 0.25) is 0 Å². The minimum atomic E-state index is -0.656. The van der Waals surface area contributed by atoms with Crippen LogP contribution in [-0.4, -0.2) is 17.2 Å². The van der Waals surface area contributed by atoms with Crippen LogP contribution in [0.25, 0.3) is 0 Å². The van der Waals surface area contributed by atoms with Crippen LogP contribution in [0.15, 0.2) is 10.6 Å². The van der Waals surface area contributed by atoms with E-state index in [2.05, 4.69) is 9.68 Å². The number of ketones is 1. The van der Waals surface area contributed by atoms with Crippen molar-refractivity contribution < 1.29 is 14.1 Å². The molecule has 0 bridgehead atoms. The third-order valence-corrected chi connectivity index (χ3v) is 0.987. The third-order valence-electron chi connectivity index (χ3n) is 0.987. The van der Waals surface area contributed by atoms with Gasteiger partial charge in [0.25, 0.3) is 0 Å². The van der Waals surface area contributed by atoms with Gasteiger partial charge in [-0.3, -0.25) is 9.59 Å². The van der Waals surface area contributed by atoms with E-state index < -0.39 is 5.78 Å². The zero-order chi connectivity index (χ0) is 7.56. The number of rotatable bonds is 2. The largest absolute Gasteiger partial charge is 0.361 e. The van der Waals surface area contributed by atoms with Crippen LogP contribution in [0.1, 0.15) is 16.2 Å². The Bertz CT molecular complexity index is 264. The highest BCUT2D eigenvalue weighted by Crippen LogP contribution is 2.00. The lowest BCUT2D eigenvalue weighted by molar-refractivity contribution is -0.104. The normalized spacial score (nSPS) is 9.30. The van der Waals surface area contributed by atoms with Crippen LogP contribution in [0.5, 0.6) is 0 Å². The van der Waals surface area contributed by atoms with Gasteiger partial charge in [-0.2, -0.15) is 0 Å². The smallest absolute Gasteiger partial charge is 0.247 e. The van der Waals surface area contributed by atoms with Gasteiger partial charge in [-0.1, -0.05) is 5.16 Å². The van der Waals surface area contributed by atoms with E-state index in [1.165, 1.54) is 6.07 Å². The summed E-state index contributed by atoms with van der Waals surface area (Å²) >= 11 is 0. The van der Waals surface area contributed by atoms with Crippen molar-refractivity contribution in [1.29, 1.82) is 0 Å². The Labute approximate surface area is 56.8 Å². The van der Waals surface area contributed by atoms with Crippen LogP contribution in [0, 0.1) is 6.92 Å². The van der Waals surface area contributed by atoms with E-state index in [0.29, 0.717) is 5.76 Å². The lowest BCUT2D eigenvalue weighted by atomic mass is 10.3. The topological polar surface area (TPSA) is 60.2 Å². The highest BCUT2D eigenvalue weighted by molar-refractivity contribution is 6.32. The Morgan fingerprint density at radius 1 is 1.80 bits per heavy atom. The van der Waals surface area contributed by atoms with E-state index in [-0.39, 0.29) is 12.0 Å². The number of aryl methyl sites for hydroxylation is 1. The number of hydrogen-bond donors (Lipinski definition) is 0. The second-order valence-corrected chi connectivity index (χ2v) is 1.80. The minimum absolute atomic E-state index is 0.0625. The molecule has 0 aliphatic rings. The molecule has 10 heavy (non-hydrogen) atoms. The van der Waals surface area contributed by atoms with Crippen molar-refractivity contribution in [3.05, 3.63) is 17.5 Å². The summed E-state index contributed by atoms with van der Waals surface area (Å²) in [6.07, 6.45) is 0.206. The van der Waals surface area contributed by atoms with E-state index in [1.807, 2.05) is 0 Å². The van der Waals surface area contributed by atoms with Gasteiger partial charge in [0.05, 0.1) is 0 Å². The Morgan fingerprint density at radius 2 is 2.50 bits per heavy atom. The molecule has 0 aliphatic carbocycles. The molecule has 1 rings (SSSR count). The molecule has 0 aliphatic heterocycles. The molecule has 52 valence electrons. The average Bonchev–Trinajstić information content (AvgIpc) is 2.34. The predicted molar refractivity (Wildman–Crippen MR) is 31.6 cm³/mol. The second-order valence-electron chi connectivity index (χ2n) is 1.80. The zero-order valence-electron chi connectivity index (χ0n) is 5.33. The van der Waals surface area contributed by atoms with Crippen LogP contribution < -0.4 is 0 Å². The van der Waals surface area contributed by atoms with E-state index in [4.69, 9.17) is 0 Å². The molecule has 0 unspecified atom stereocenters. The van der Waals surface area contributed by atoms with Crippen molar-refractivity contribution in [3.63, 3.8) is 0 Å². The van der Waals surface area contributed by atoms with Gasteiger partial charge < -0.3 is 4.52 Å². The quantitative estimate of drug-likeness (QED) is 0.337. The van der Waals surface area contributed by atoms with Crippen LogP contribution in [0.4, 0.5) is 0 Å². The van der Waals surface area contributed by atoms with Crippen molar-refractivity contribution in [1.82, 2.24) is 5.16 Å². The molecule has 0 amide bonds. The summed E-state index contributed by atoms with van der Waals surface area (Å²) in [5.41, 5.74) is 0.0625. The van der Waals surface area contributed by atoms with Gasteiger partial charge in [-0.15, -0.1) is 0 Å². The van der Waals surface area contributed by atoms with Gasteiger partial charge in [0.2, 0.25) is 5.78 Å². The standard InChI is InChI=1S/C6H5NO3/c1-4-2-5(7-10-4)6(9)3-8/h2-3H,1H3. The second kappa shape index (κ2) is 2.43. The average molecular weight is 139 g/mol. The molecule has 1 aromatic rings. The van der Waals surface area contributed by atoms with Crippen LogP contribution in [-0.2, 0) is 4.79 Å². The predicted octanol–water partition coefficient (Wildman–Crippen LogP) is 0.365. The first-order valence-electron chi connectivity index (χ1n) is 2.67. The van der Waals surface area contributed by atoms with E-state index in [1.54, 1.807) is 6.92 Å². The fourth-order valence-electron chi connectivity index (χ4n) is 0.543. The van der Waals surface area contributed by atoms with E-state index in [0.717, 1.165) is 0 Å².